The summed E-state index contributed by atoms with van der Waals surface area (Å²) in [6, 6.07) is 5.30. The lowest BCUT2D eigenvalue weighted by Crippen LogP contribution is -2.44. The summed E-state index contributed by atoms with van der Waals surface area (Å²) >= 11 is 0. The van der Waals surface area contributed by atoms with E-state index >= 15 is 0 Å². The summed E-state index contributed by atoms with van der Waals surface area (Å²) in [6.45, 7) is 7.92. The fraction of sp³-hybridized carbons (Fsp3) is 0.667. The molecule has 2 bridgehead atoms. The average Bonchev–Trinajstić information content (AvgIpc) is 3.02. The molecule has 4 heteroatoms. The molecule has 1 saturated heterocycles. The van der Waals surface area contributed by atoms with E-state index in [1.807, 2.05) is 6.07 Å². The summed E-state index contributed by atoms with van der Waals surface area (Å²) in [4.78, 5) is 17.4. The number of Topliss-reactive ketones (excluding diaryl/α,β-unsaturated/α-hetero) is 1. The first-order valence-electron chi connectivity index (χ1n) is 12.4. The number of ketones is 1. The van der Waals surface area contributed by atoms with Crippen LogP contribution in [0.25, 0.3) is 6.08 Å². The maximum Gasteiger partial charge on any atom is 0.132 e. The average molecular weight is 427 g/mol. The smallest absolute Gasteiger partial charge is 0.132 e. The van der Waals surface area contributed by atoms with Gasteiger partial charge in [0.25, 0.3) is 0 Å². The predicted molar refractivity (Wildman–Crippen MR) is 126 cm³/mol. The molecule has 0 N–H and O–H groups in total. The van der Waals surface area contributed by atoms with Gasteiger partial charge in [0.05, 0.1) is 0 Å². The second kappa shape index (κ2) is 10.4. The van der Waals surface area contributed by atoms with Crippen molar-refractivity contribution in [3.8, 4) is 0 Å². The molecule has 3 aliphatic rings. The number of allylic oxidation sites excluding steroid dienone is 1. The van der Waals surface area contributed by atoms with Gasteiger partial charge < -0.3 is 9.80 Å². The van der Waals surface area contributed by atoms with Gasteiger partial charge in [0.2, 0.25) is 0 Å². The number of likely N-dealkylation sites (N-methyl/N-ethyl adjacent to an activating group) is 1. The van der Waals surface area contributed by atoms with Gasteiger partial charge in [0, 0.05) is 39.0 Å². The van der Waals surface area contributed by atoms with E-state index in [1.165, 1.54) is 24.0 Å². The third kappa shape index (κ3) is 6.04. The summed E-state index contributed by atoms with van der Waals surface area (Å²) in [6.07, 6.45) is 10.4. The number of fused-ring (bicyclic) bond motifs is 3. The second-order valence-corrected chi connectivity index (χ2v) is 10.3. The third-order valence-electron chi connectivity index (χ3n) is 7.98. The van der Waals surface area contributed by atoms with Crippen LogP contribution in [0.1, 0.15) is 75.3 Å². The number of nitrogens with zero attached hydrogens (tertiary/aromatic N) is 2. The third-order valence-corrected chi connectivity index (χ3v) is 7.98. The number of piperazine rings is 1. The maximum absolute atomic E-state index is 13.8. The first-order valence-corrected chi connectivity index (χ1v) is 12.4. The van der Waals surface area contributed by atoms with Crippen molar-refractivity contribution in [2.24, 2.45) is 11.8 Å². The van der Waals surface area contributed by atoms with Gasteiger partial charge >= 0.3 is 0 Å². The SMILES string of the molecule is CC1c2ccc(F)cc2C=C2CC(CCC(=O)CCCN3CCN(C)CC3)CCC1C2. The van der Waals surface area contributed by atoms with E-state index in [1.54, 1.807) is 12.1 Å². The Hall–Kier alpha value is -1.52. The molecular formula is C27H39FN2O. The van der Waals surface area contributed by atoms with Crippen LogP contribution >= 0.6 is 0 Å². The molecule has 1 aromatic rings. The van der Waals surface area contributed by atoms with Gasteiger partial charge in [0.15, 0.2) is 0 Å². The summed E-state index contributed by atoms with van der Waals surface area (Å²) < 4.78 is 13.8. The minimum absolute atomic E-state index is 0.143. The number of hydrogen-bond donors (Lipinski definition) is 0. The predicted octanol–water partition coefficient (Wildman–Crippen LogP) is 5.51. The molecule has 0 aromatic heterocycles. The number of benzene rings is 1. The standard InChI is InChI=1S/C27H39FN2O/c1-20-23-7-5-21(16-22(17-23)18-24-19-25(28)8-10-27(20)24)6-9-26(31)4-3-11-30-14-12-29(2)13-15-30/h8,10,18-21,23H,3-7,9,11-17H2,1-2H3. The van der Waals surface area contributed by atoms with Crippen LogP contribution in [0.3, 0.4) is 0 Å². The van der Waals surface area contributed by atoms with E-state index in [-0.39, 0.29) is 5.82 Å². The van der Waals surface area contributed by atoms with Gasteiger partial charge in [-0.15, -0.1) is 0 Å². The van der Waals surface area contributed by atoms with Gasteiger partial charge in [-0.2, -0.15) is 0 Å². The topological polar surface area (TPSA) is 23.6 Å². The highest BCUT2D eigenvalue weighted by atomic mass is 19.1. The molecule has 1 saturated carbocycles. The van der Waals surface area contributed by atoms with Crippen molar-refractivity contribution < 1.29 is 9.18 Å². The van der Waals surface area contributed by atoms with E-state index in [0.717, 1.165) is 76.8 Å². The first kappa shape index (κ1) is 22.7. The van der Waals surface area contributed by atoms with E-state index in [0.29, 0.717) is 23.5 Å². The quantitative estimate of drug-likeness (QED) is 0.574. The molecule has 1 aliphatic heterocycles. The van der Waals surface area contributed by atoms with Gasteiger partial charge in [0.1, 0.15) is 11.6 Å². The number of carbonyl (C=O) groups excluding carboxylic acids is 1. The summed E-state index contributed by atoms with van der Waals surface area (Å²) in [7, 11) is 2.18. The summed E-state index contributed by atoms with van der Waals surface area (Å²) in [5, 5.41) is 0. The Morgan fingerprint density at radius 1 is 1.10 bits per heavy atom. The normalized spacial score (nSPS) is 27.2. The molecule has 1 aromatic carbocycles. The Kier molecular flexibility index (Phi) is 7.60. The molecule has 2 fully saturated rings. The summed E-state index contributed by atoms with van der Waals surface area (Å²) in [5.74, 6) is 2.01. The first-order chi connectivity index (χ1) is 15.0. The van der Waals surface area contributed by atoms with Crippen LogP contribution in [-0.2, 0) is 4.79 Å². The lowest BCUT2D eigenvalue weighted by atomic mass is 9.82. The molecule has 170 valence electrons. The maximum atomic E-state index is 13.8. The lowest BCUT2D eigenvalue weighted by molar-refractivity contribution is -0.119. The molecule has 3 atom stereocenters. The number of carbonyl (C=O) groups is 1. The van der Waals surface area contributed by atoms with Gasteiger partial charge in [-0.05, 0) is 93.1 Å². The van der Waals surface area contributed by atoms with Crippen molar-refractivity contribution in [3.05, 3.63) is 40.7 Å². The van der Waals surface area contributed by atoms with Crippen LogP contribution in [0.2, 0.25) is 0 Å². The Morgan fingerprint density at radius 3 is 2.71 bits per heavy atom. The molecule has 2 aliphatic carbocycles. The molecule has 31 heavy (non-hydrogen) atoms. The summed E-state index contributed by atoms with van der Waals surface area (Å²) in [5.41, 5.74) is 3.84. The van der Waals surface area contributed by atoms with Gasteiger partial charge in [-0.3, -0.25) is 4.79 Å². The lowest BCUT2D eigenvalue weighted by Gasteiger charge is -2.32. The van der Waals surface area contributed by atoms with E-state index in [4.69, 9.17) is 0 Å². The van der Waals surface area contributed by atoms with E-state index in [2.05, 4.69) is 29.8 Å². The van der Waals surface area contributed by atoms with Crippen LogP contribution in [-0.4, -0.2) is 55.4 Å². The Morgan fingerprint density at radius 2 is 1.90 bits per heavy atom. The van der Waals surface area contributed by atoms with Gasteiger partial charge in [-0.25, -0.2) is 4.39 Å². The van der Waals surface area contributed by atoms with Crippen LogP contribution < -0.4 is 0 Å². The van der Waals surface area contributed by atoms with Crippen molar-refractivity contribution in [1.29, 1.82) is 0 Å². The largest absolute Gasteiger partial charge is 0.304 e. The van der Waals surface area contributed by atoms with Crippen LogP contribution in [0.5, 0.6) is 0 Å². The van der Waals surface area contributed by atoms with E-state index in [9.17, 15) is 9.18 Å². The molecule has 4 rings (SSSR count). The van der Waals surface area contributed by atoms with Crippen molar-refractivity contribution in [2.75, 3.05) is 39.8 Å². The molecule has 1 heterocycles. The molecular weight excluding hydrogens is 387 g/mol. The zero-order valence-corrected chi connectivity index (χ0v) is 19.4. The van der Waals surface area contributed by atoms with Gasteiger partial charge in [-0.1, -0.05) is 24.6 Å². The number of halogens is 1. The fourth-order valence-corrected chi connectivity index (χ4v) is 5.86. The van der Waals surface area contributed by atoms with Crippen molar-refractivity contribution >= 4 is 11.9 Å². The van der Waals surface area contributed by atoms with Crippen LogP contribution in [0, 0.1) is 17.7 Å². The zero-order valence-electron chi connectivity index (χ0n) is 19.4. The second-order valence-electron chi connectivity index (χ2n) is 10.3. The zero-order chi connectivity index (χ0) is 21.8. The minimum atomic E-state index is -0.143. The molecule has 3 nitrogen and oxygen atoms in total. The molecule has 3 unspecified atom stereocenters. The fourth-order valence-electron chi connectivity index (χ4n) is 5.86. The van der Waals surface area contributed by atoms with Crippen molar-refractivity contribution in [3.63, 3.8) is 0 Å². The minimum Gasteiger partial charge on any atom is -0.304 e. The Bertz CT molecular complexity index is 796. The molecule has 0 amide bonds. The molecule has 0 radical (unpaired) electrons. The highest BCUT2D eigenvalue weighted by Crippen LogP contribution is 2.44. The highest BCUT2D eigenvalue weighted by Gasteiger charge is 2.30. The number of rotatable bonds is 7. The van der Waals surface area contributed by atoms with E-state index < -0.39 is 0 Å². The van der Waals surface area contributed by atoms with Crippen molar-refractivity contribution in [2.45, 2.75) is 64.2 Å². The molecule has 0 spiro atoms. The van der Waals surface area contributed by atoms with Crippen molar-refractivity contribution in [1.82, 2.24) is 9.80 Å². The van der Waals surface area contributed by atoms with Crippen LogP contribution in [0.4, 0.5) is 4.39 Å². The number of hydrogen-bond acceptors (Lipinski definition) is 3. The monoisotopic (exact) mass is 426 g/mol. The Balaban J connectivity index is 1.26. The highest BCUT2D eigenvalue weighted by molar-refractivity contribution is 5.78. The van der Waals surface area contributed by atoms with Crippen LogP contribution in [0.15, 0.2) is 23.8 Å². The Labute approximate surface area is 187 Å².